The van der Waals surface area contributed by atoms with Crippen LogP contribution < -0.4 is 5.73 Å². The van der Waals surface area contributed by atoms with Crippen LogP contribution in [-0.4, -0.2) is 29.9 Å². The van der Waals surface area contributed by atoms with E-state index in [1.54, 1.807) is 4.90 Å². The van der Waals surface area contributed by atoms with E-state index in [0.717, 1.165) is 6.42 Å². The number of nitrogens with two attached hydrogens (primary N) is 1. The highest BCUT2D eigenvalue weighted by Gasteiger charge is 2.31. The number of carbonyl (C=O) groups excluding carboxylic acids is 1. The zero-order valence-electron chi connectivity index (χ0n) is 11.9. The Morgan fingerprint density at radius 1 is 1.25 bits per heavy atom. The first-order valence-electron chi connectivity index (χ1n) is 6.09. The van der Waals surface area contributed by atoms with Crippen LogP contribution in [0, 0.1) is 11.3 Å². The highest BCUT2D eigenvalue weighted by Crippen LogP contribution is 2.20. The van der Waals surface area contributed by atoms with Gasteiger partial charge in [0.1, 0.15) is 0 Å². The van der Waals surface area contributed by atoms with Gasteiger partial charge in [-0.1, -0.05) is 34.6 Å². The fraction of sp³-hybridized carbons (Fsp3) is 0.923. The van der Waals surface area contributed by atoms with Gasteiger partial charge < -0.3 is 10.6 Å². The Hall–Kier alpha value is -0.570. The molecule has 0 saturated carbocycles. The molecule has 0 saturated heterocycles. The van der Waals surface area contributed by atoms with Gasteiger partial charge in [0.2, 0.25) is 5.91 Å². The topological polar surface area (TPSA) is 46.3 Å². The fourth-order valence-corrected chi connectivity index (χ4v) is 1.65. The lowest BCUT2D eigenvalue weighted by Gasteiger charge is -2.33. The number of hydrogen-bond donors (Lipinski definition) is 1. The van der Waals surface area contributed by atoms with Crippen molar-refractivity contribution in [2.75, 3.05) is 7.05 Å². The minimum Gasteiger partial charge on any atom is -0.342 e. The van der Waals surface area contributed by atoms with Crippen LogP contribution >= 0.6 is 0 Å². The third-order valence-electron chi connectivity index (χ3n) is 3.02. The van der Waals surface area contributed by atoms with E-state index >= 15 is 0 Å². The molecule has 3 heteroatoms. The van der Waals surface area contributed by atoms with Crippen molar-refractivity contribution in [2.24, 2.45) is 17.1 Å². The van der Waals surface area contributed by atoms with Gasteiger partial charge in [-0.25, -0.2) is 0 Å². The Morgan fingerprint density at radius 2 is 1.69 bits per heavy atom. The van der Waals surface area contributed by atoms with Crippen LogP contribution in [-0.2, 0) is 4.79 Å². The van der Waals surface area contributed by atoms with Crippen LogP contribution in [0.1, 0.15) is 48.0 Å². The number of carbonyl (C=O) groups is 1. The van der Waals surface area contributed by atoms with Crippen LogP contribution in [0.3, 0.4) is 0 Å². The Bertz CT molecular complexity index is 231. The molecule has 0 fully saturated rings. The van der Waals surface area contributed by atoms with Gasteiger partial charge in [-0.3, -0.25) is 4.79 Å². The molecule has 1 amide bonds. The Labute approximate surface area is 100 Å². The average Bonchev–Trinajstić information content (AvgIpc) is 2.11. The van der Waals surface area contributed by atoms with E-state index in [0.29, 0.717) is 5.92 Å². The van der Waals surface area contributed by atoms with Gasteiger partial charge in [-0.05, 0) is 24.7 Å². The molecule has 0 heterocycles. The Kier molecular flexibility index (Phi) is 5.47. The van der Waals surface area contributed by atoms with Crippen molar-refractivity contribution in [3.05, 3.63) is 0 Å². The molecule has 0 spiro atoms. The number of likely N-dealkylation sites (N-methyl/N-ethyl adjacent to an activating group) is 1. The maximum atomic E-state index is 12.1. The second-order valence-corrected chi connectivity index (χ2v) is 6.27. The maximum Gasteiger partial charge on any atom is 0.240 e. The van der Waals surface area contributed by atoms with Crippen molar-refractivity contribution >= 4 is 5.91 Å². The molecule has 16 heavy (non-hydrogen) atoms. The third kappa shape index (κ3) is 4.52. The van der Waals surface area contributed by atoms with Gasteiger partial charge in [0.15, 0.2) is 0 Å². The van der Waals surface area contributed by atoms with E-state index in [1.165, 1.54) is 0 Å². The third-order valence-corrected chi connectivity index (χ3v) is 3.02. The second-order valence-electron chi connectivity index (χ2n) is 6.27. The van der Waals surface area contributed by atoms with Crippen LogP contribution in [0.2, 0.25) is 0 Å². The van der Waals surface area contributed by atoms with E-state index in [2.05, 4.69) is 20.8 Å². The van der Waals surface area contributed by atoms with Crippen molar-refractivity contribution in [2.45, 2.75) is 60.0 Å². The summed E-state index contributed by atoms with van der Waals surface area (Å²) < 4.78 is 0. The normalized spacial score (nSPS) is 16.1. The van der Waals surface area contributed by atoms with Crippen LogP contribution in [0.5, 0.6) is 0 Å². The van der Waals surface area contributed by atoms with E-state index in [9.17, 15) is 4.79 Å². The van der Waals surface area contributed by atoms with Crippen LogP contribution in [0.15, 0.2) is 0 Å². The number of nitrogens with zero attached hydrogens (tertiary/aromatic N) is 1. The molecule has 1 unspecified atom stereocenters. The van der Waals surface area contributed by atoms with Crippen LogP contribution in [0.25, 0.3) is 0 Å². The minimum atomic E-state index is -0.424. The highest BCUT2D eigenvalue weighted by atomic mass is 16.2. The lowest BCUT2D eigenvalue weighted by Crippen LogP contribution is -2.51. The SMILES string of the molecule is CC(C)CC(C)N(C)C(=O)[C@@H](N)C(C)(C)C. The zero-order chi connectivity index (χ0) is 13.1. The van der Waals surface area contributed by atoms with Gasteiger partial charge in [-0.2, -0.15) is 0 Å². The summed E-state index contributed by atoms with van der Waals surface area (Å²) in [5.41, 5.74) is 5.79. The predicted molar refractivity (Wildman–Crippen MR) is 69.1 cm³/mol. The first-order chi connectivity index (χ1) is 7.07. The zero-order valence-corrected chi connectivity index (χ0v) is 11.9. The molecule has 0 aliphatic rings. The first kappa shape index (κ1) is 15.4. The number of rotatable bonds is 4. The first-order valence-corrected chi connectivity index (χ1v) is 6.09. The molecule has 0 rings (SSSR count). The summed E-state index contributed by atoms with van der Waals surface area (Å²) >= 11 is 0. The molecule has 0 aromatic rings. The average molecular weight is 228 g/mol. The summed E-state index contributed by atoms with van der Waals surface area (Å²) in [6, 6.07) is -0.173. The second kappa shape index (κ2) is 5.67. The van der Waals surface area contributed by atoms with Crippen LogP contribution in [0.4, 0.5) is 0 Å². The summed E-state index contributed by atoms with van der Waals surface area (Å²) in [5.74, 6) is 0.636. The van der Waals surface area contributed by atoms with Gasteiger partial charge in [0, 0.05) is 13.1 Å². The molecule has 0 bridgehead atoms. The molecule has 0 radical (unpaired) electrons. The maximum absolute atomic E-state index is 12.1. The molecule has 0 aromatic heterocycles. The quantitative estimate of drug-likeness (QED) is 0.802. The number of amides is 1. The lowest BCUT2D eigenvalue weighted by molar-refractivity contribution is -0.135. The molecule has 2 atom stereocenters. The van der Waals surface area contributed by atoms with Crippen molar-refractivity contribution < 1.29 is 4.79 Å². The van der Waals surface area contributed by atoms with E-state index < -0.39 is 6.04 Å². The van der Waals surface area contributed by atoms with Gasteiger partial charge in [0.05, 0.1) is 6.04 Å². The van der Waals surface area contributed by atoms with Gasteiger partial charge in [-0.15, -0.1) is 0 Å². The fourth-order valence-electron chi connectivity index (χ4n) is 1.65. The smallest absolute Gasteiger partial charge is 0.240 e. The molecular weight excluding hydrogens is 200 g/mol. The molecule has 2 N–H and O–H groups in total. The molecule has 0 aliphatic heterocycles. The van der Waals surface area contributed by atoms with Crippen molar-refractivity contribution in [1.82, 2.24) is 4.90 Å². The molecular formula is C13H28N2O. The molecule has 0 aliphatic carbocycles. The van der Waals surface area contributed by atoms with Crippen molar-refractivity contribution in [3.8, 4) is 0 Å². The van der Waals surface area contributed by atoms with E-state index in [4.69, 9.17) is 5.73 Å². The Balaban J connectivity index is 4.50. The standard InChI is InChI=1S/C13H28N2O/c1-9(2)8-10(3)15(7)12(16)11(14)13(4,5)6/h9-11H,8,14H2,1-7H3/t10?,11-/m1/s1. The summed E-state index contributed by atoms with van der Waals surface area (Å²) in [4.78, 5) is 13.9. The summed E-state index contributed by atoms with van der Waals surface area (Å²) in [6.07, 6.45) is 1.01. The molecule has 0 aromatic carbocycles. The summed E-state index contributed by atoms with van der Waals surface area (Å²) in [7, 11) is 1.85. The number of hydrogen-bond acceptors (Lipinski definition) is 2. The predicted octanol–water partition coefficient (Wildman–Crippen LogP) is 2.25. The largest absolute Gasteiger partial charge is 0.342 e. The van der Waals surface area contributed by atoms with E-state index in [-0.39, 0.29) is 17.4 Å². The Morgan fingerprint density at radius 3 is 2.00 bits per heavy atom. The monoisotopic (exact) mass is 228 g/mol. The minimum absolute atomic E-state index is 0.0423. The summed E-state index contributed by atoms with van der Waals surface area (Å²) in [6.45, 7) is 12.4. The molecule has 96 valence electrons. The van der Waals surface area contributed by atoms with Crippen molar-refractivity contribution in [1.29, 1.82) is 0 Å². The summed E-state index contributed by atoms with van der Waals surface area (Å²) in [5, 5.41) is 0. The lowest BCUT2D eigenvalue weighted by atomic mass is 9.86. The van der Waals surface area contributed by atoms with Gasteiger partial charge in [0.25, 0.3) is 0 Å². The van der Waals surface area contributed by atoms with E-state index in [1.807, 2.05) is 27.8 Å². The highest BCUT2D eigenvalue weighted by molar-refractivity contribution is 5.82. The molecule has 3 nitrogen and oxygen atoms in total. The van der Waals surface area contributed by atoms with Crippen molar-refractivity contribution in [3.63, 3.8) is 0 Å². The van der Waals surface area contributed by atoms with Gasteiger partial charge >= 0.3 is 0 Å².